The molecule has 3 rings (SSSR count). The van der Waals surface area contributed by atoms with E-state index in [1.807, 2.05) is 0 Å². The summed E-state index contributed by atoms with van der Waals surface area (Å²) in [6, 6.07) is 14.9. The third-order valence-corrected chi connectivity index (χ3v) is 4.22. The Morgan fingerprint density at radius 2 is 1.82 bits per heavy atom. The summed E-state index contributed by atoms with van der Waals surface area (Å²) in [7, 11) is 0. The number of nitrogens with zero attached hydrogens (tertiary/aromatic N) is 1. The average molecular weight is 304 g/mol. The fourth-order valence-electron chi connectivity index (χ4n) is 1.97. The lowest BCUT2D eigenvalue weighted by atomic mass is 10.0. The number of halogens is 1. The third kappa shape index (κ3) is 2.01. The van der Waals surface area contributed by atoms with Gasteiger partial charge in [-0.1, -0.05) is 36.4 Å². The summed E-state index contributed by atoms with van der Waals surface area (Å²) in [5.74, 6) is 0. The summed E-state index contributed by atoms with van der Waals surface area (Å²) in [5.41, 5.74) is 2.26. The van der Waals surface area contributed by atoms with Gasteiger partial charge in [0.15, 0.2) is 3.92 Å². The SMILES string of the molecule is Cc1sc(Br)nc1-c1ccc2ccccc2c1. The van der Waals surface area contributed by atoms with Gasteiger partial charge in [0, 0.05) is 10.4 Å². The van der Waals surface area contributed by atoms with Crippen molar-refractivity contribution in [3.05, 3.63) is 51.3 Å². The molecule has 0 unspecified atom stereocenters. The summed E-state index contributed by atoms with van der Waals surface area (Å²) in [6.45, 7) is 2.10. The van der Waals surface area contributed by atoms with Crippen LogP contribution in [0.25, 0.3) is 22.0 Å². The molecule has 3 heteroatoms. The van der Waals surface area contributed by atoms with Crippen LogP contribution >= 0.6 is 27.3 Å². The maximum atomic E-state index is 4.52. The van der Waals surface area contributed by atoms with Crippen molar-refractivity contribution in [2.75, 3.05) is 0 Å². The second kappa shape index (κ2) is 4.24. The molecule has 0 amide bonds. The average Bonchev–Trinajstić information content (AvgIpc) is 2.68. The third-order valence-electron chi connectivity index (χ3n) is 2.79. The molecule has 0 saturated carbocycles. The number of aryl methyl sites for hydroxylation is 1. The zero-order chi connectivity index (χ0) is 11.8. The van der Waals surface area contributed by atoms with Crippen LogP contribution in [0.1, 0.15) is 4.88 Å². The van der Waals surface area contributed by atoms with E-state index < -0.39 is 0 Å². The molecule has 17 heavy (non-hydrogen) atoms. The number of rotatable bonds is 1. The van der Waals surface area contributed by atoms with E-state index in [9.17, 15) is 0 Å². The maximum Gasteiger partial charge on any atom is 0.160 e. The van der Waals surface area contributed by atoms with Crippen LogP contribution in [-0.2, 0) is 0 Å². The highest BCUT2D eigenvalue weighted by Gasteiger charge is 2.08. The highest BCUT2D eigenvalue weighted by atomic mass is 79.9. The second-order valence-corrected chi connectivity index (χ2v) is 6.41. The fourth-order valence-corrected chi connectivity index (χ4v) is 3.52. The first kappa shape index (κ1) is 10.9. The summed E-state index contributed by atoms with van der Waals surface area (Å²) < 4.78 is 0.943. The molecule has 1 aromatic heterocycles. The predicted molar refractivity (Wildman–Crippen MR) is 77.5 cm³/mol. The van der Waals surface area contributed by atoms with Crippen molar-refractivity contribution in [2.24, 2.45) is 0 Å². The van der Waals surface area contributed by atoms with Crippen molar-refractivity contribution in [1.82, 2.24) is 4.98 Å². The van der Waals surface area contributed by atoms with Crippen LogP contribution in [0.3, 0.4) is 0 Å². The minimum atomic E-state index is 0.943. The molecule has 1 nitrogen and oxygen atoms in total. The lowest BCUT2D eigenvalue weighted by Crippen LogP contribution is -1.81. The van der Waals surface area contributed by atoms with E-state index in [1.54, 1.807) is 11.3 Å². The van der Waals surface area contributed by atoms with Crippen LogP contribution in [0.15, 0.2) is 46.4 Å². The lowest BCUT2D eigenvalue weighted by molar-refractivity contribution is 1.35. The fraction of sp³-hybridized carbons (Fsp3) is 0.0714. The van der Waals surface area contributed by atoms with Crippen molar-refractivity contribution < 1.29 is 0 Å². The predicted octanol–water partition coefficient (Wildman–Crippen LogP) is 5.03. The molecule has 0 fully saturated rings. The Kier molecular flexibility index (Phi) is 2.73. The quantitative estimate of drug-likeness (QED) is 0.614. The molecular formula is C14H10BrNS. The Bertz CT molecular complexity index is 688. The van der Waals surface area contributed by atoms with E-state index in [4.69, 9.17) is 0 Å². The highest BCUT2D eigenvalue weighted by molar-refractivity contribution is 9.11. The van der Waals surface area contributed by atoms with Crippen molar-refractivity contribution >= 4 is 38.0 Å². The first-order chi connectivity index (χ1) is 8.24. The summed E-state index contributed by atoms with van der Waals surface area (Å²) in [5, 5.41) is 2.52. The van der Waals surface area contributed by atoms with Gasteiger partial charge in [-0.15, -0.1) is 11.3 Å². The van der Waals surface area contributed by atoms with Crippen molar-refractivity contribution in [3.8, 4) is 11.3 Å². The number of hydrogen-bond donors (Lipinski definition) is 0. The van der Waals surface area contributed by atoms with Gasteiger partial charge < -0.3 is 0 Å². The maximum absolute atomic E-state index is 4.52. The zero-order valence-electron chi connectivity index (χ0n) is 9.27. The Balaban J connectivity index is 2.21. The van der Waals surface area contributed by atoms with E-state index in [0.29, 0.717) is 0 Å². The van der Waals surface area contributed by atoms with Gasteiger partial charge in [-0.3, -0.25) is 0 Å². The van der Waals surface area contributed by atoms with E-state index >= 15 is 0 Å². The molecule has 3 aromatic rings. The van der Waals surface area contributed by atoms with Crippen LogP contribution in [0, 0.1) is 6.92 Å². The van der Waals surface area contributed by atoms with Gasteiger partial charge in [-0.05, 0) is 39.7 Å². The molecule has 1 heterocycles. The Hall–Kier alpha value is -1.19. The Morgan fingerprint density at radius 1 is 1.06 bits per heavy atom. The van der Waals surface area contributed by atoms with Gasteiger partial charge in [-0.25, -0.2) is 4.98 Å². The Morgan fingerprint density at radius 3 is 2.53 bits per heavy atom. The van der Waals surface area contributed by atoms with E-state index in [1.165, 1.54) is 21.2 Å². The van der Waals surface area contributed by atoms with Crippen LogP contribution in [-0.4, -0.2) is 4.98 Å². The molecule has 0 bridgehead atoms. The summed E-state index contributed by atoms with van der Waals surface area (Å²) in [6.07, 6.45) is 0. The molecule has 0 aliphatic heterocycles. The smallest absolute Gasteiger partial charge is 0.160 e. The molecule has 0 N–H and O–H groups in total. The number of fused-ring (bicyclic) bond motifs is 1. The molecule has 0 spiro atoms. The molecule has 0 aliphatic rings. The minimum Gasteiger partial charge on any atom is -0.229 e. The standard InChI is InChI=1S/C14H10BrNS/c1-9-13(16-14(15)17-9)12-7-6-10-4-2-3-5-11(10)8-12/h2-8H,1H3. The highest BCUT2D eigenvalue weighted by Crippen LogP contribution is 2.31. The van der Waals surface area contributed by atoms with Crippen LogP contribution in [0.4, 0.5) is 0 Å². The second-order valence-electron chi connectivity index (χ2n) is 3.93. The Labute approximate surface area is 112 Å². The molecule has 84 valence electrons. The van der Waals surface area contributed by atoms with Crippen LogP contribution in [0.2, 0.25) is 0 Å². The topological polar surface area (TPSA) is 12.9 Å². The lowest BCUT2D eigenvalue weighted by Gasteiger charge is -2.02. The molecule has 0 saturated heterocycles. The van der Waals surface area contributed by atoms with Gasteiger partial charge in [0.25, 0.3) is 0 Å². The largest absolute Gasteiger partial charge is 0.229 e. The molecular weight excluding hydrogens is 294 g/mol. The van der Waals surface area contributed by atoms with E-state index in [0.717, 1.165) is 9.61 Å². The first-order valence-electron chi connectivity index (χ1n) is 5.36. The molecule has 0 radical (unpaired) electrons. The summed E-state index contributed by atoms with van der Waals surface area (Å²) in [4.78, 5) is 5.77. The van der Waals surface area contributed by atoms with Gasteiger partial charge in [-0.2, -0.15) is 0 Å². The number of thiazole rings is 1. The van der Waals surface area contributed by atoms with Crippen molar-refractivity contribution in [2.45, 2.75) is 6.92 Å². The minimum absolute atomic E-state index is 0.943. The zero-order valence-corrected chi connectivity index (χ0v) is 11.7. The van der Waals surface area contributed by atoms with Gasteiger partial charge in [0.05, 0.1) is 5.69 Å². The number of aromatic nitrogens is 1. The van der Waals surface area contributed by atoms with Crippen LogP contribution in [0.5, 0.6) is 0 Å². The van der Waals surface area contributed by atoms with Crippen molar-refractivity contribution in [1.29, 1.82) is 0 Å². The number of hydrogen-bond acceptors (Lipinski definition) is 2. The monoisotopic (exact) mass is 303 g/mol. The molecule has 2 aromatic carbocycles. The molecule has 0 aliphatic carbocycles. The first-order valence-corrected chi connectivity index (χ1v) is 6.97. The van der Waals surface area contributed by atoms with Gasteiger partial charge in [0.1, 0.15) is 0 Å². The molecule has 0 atom stereocenters. The van der Waals surface area contributed by atoms with Gasteiger partial charge in [0.2, 0.25) is 0 Å². The van der Waals surface area contributed by atoms with Crippen LogP contribution < -0.4 is 0 Å². The van der Waals surface area contributed by atoms with E-state index in [-0.39, 0.29) is 0 Å². The van der Waals surface area contributed by atoms with Crippen molar-refractivity contribution in [3.63, 3.8) is 0 Å². The number of benzene rings is 2. The summed E-state index contributed by atoms with van der Waals surface area (Å²) >= 11 is 5.11. The van der Waals surface area contributed by atoms with E-state index in [2.05, 4.69) is 70.3 Å². The normalized spacial score (nSPS) is 10.9. The van der Waals surface area contributed by atoms with Gasteiger partial charge >= 0.3 is 0 Å².